The van der Waals surface area contributed by atoms with Gasteiger partial charge in [-0.2, -0.15) is 0 Å². The highest BCUT2D eigenvalue weighted by Crippen LogP contribution is 2.31. The molecule has 0 bridgehead atoms. The molecule has 0 aliphatic heterocycles. The van der Waals surface area contributed by atoms with Gasteiger partial charge in [0.05, 0.1) is 11.5 Å². The first-order valence-electron chi connectivity index (χ1n) is 9.59. The first kappa shape index (κ1) is 20.9. The van der Waals surface area contributed by atoms with Crippen molar-refractivity contribution in [1.82, 2.24) is 10.3 Å². The van der Waals surface area contributed by atoms with E-state index < -0.39 is 0 Å². The van der Waals surface area contributed by atoms with Crippen LogP contribution in [0.2, 0.25) is 0 Å². The molecule has 0 saturated carbocycles. The SMILES string of the molecule is NCCCNC(=O)CCCOc1ccc(Cc2sc(=O)[nH]c2O)c2ccccc12. The number of hydrogen-bond acceptors (Lipinski definition) is 6. The van der Waals surface area contributed by atoms with Crippen LogP contribution in [0, 0.1) is 0 Å². The molecule has 29 heavy (non-hydrogen) atoms. The summed E-state index contributed by atoms with van der Waals surface area (Å²) in [5.41, 5.74) is 6.41. The van der Waals surface area contributed by atoms with Crippen LogP contribution >= 0.6 is 11.3 Å². The number of aromatic hydroxyl groups is 1. The van der Waals surface area contributed by atoms with E-state index in [1.165, 1.54) is 0 Å². The zero-order valence-electron chi connectivity index (χ0n) is 16.1. The maximum atomic E-state index is 11.7. The average molecular weight is 416 g/mol. The Hall–Kier alpha value is -2.84. The molecule has 1 aromatic heterocycles. The van der Waals surface area contributed by atoms with E-state index in [1.54, 1.807) is 0 Å². The van der Waals surface area contributed by atoms with Gasteiger partial charge in [-0.1, -0.05) is 41.7 Å². The molecule has 0 aliphatic carbocycles. The second-order valence-electron chi connectivity index (χ2n) is 6.68. The van der Waals surface area contributed by atoms with Crippen molar-refractivity contribution in [2.75, 3.05) is 19.7 Å². The van der Waals surface area contributed by atoms with E-state index in [9.17, 15) is 14.7 Å². The third kappa shape index (κ3) is 5.58. The third-order valence-electron chi connectivity index (χ3n) is 4.53. The van der Waals surface area contributed by atoms with Crippen molar-refractivity contribution < 1.29 is 14.6 Å². The summed E-state index contributed by atoms with van der Waals surface area (Å²) in [5, 5.41) is 14.7. The molecule has 154 valence electrons. The van der Waals surface area contributed by atoms with Crippen LogP contribution in [-0.4, -0.2) is 35.7 Å². The summed E-state index contributed by atoms with van der Waals surface area (Å²) < 4.78 is 5.93. The first-order chi connectivity index (χ1) is 14.1. The number of fused-ring (bicyclic) bond motifs is 1. The van der Waals surface area contributed by atoms with Gasteiger partial charge in [-0.25, -0.2) is 0 Å². The van der Waals surface area contributed by atoms with Gasteiger partial charge in [-0.3, -0.25) is 14.6 Å². The number of H-pyrrole nitrogens is 1. The summed E-state index contributed by atoms with van der Waals surface area (Å²) >= 11 is 1.01. The Morgan fingerprint density at radius 1 is 1.17 bits per heavy atom. The Bertz CT molecular complexity index is 1030. The number of ether oxygens (including phenoxy) is 1. The van der Waals surface area contributed by atoms with Gasteiger partial charge in [0.15, 0.2) is 0 Å². The second-order valence-corrected chi connectivity index (χ2v) is 7.74. The van der Waals surface area contributed by atoms with E-state index in [0.717, 1.165) is 39.8 Å². The Morgan fingerprint density at radius 2 is 1.97 bits per heavy atom. The molecule has 7 nitrogen and oxygen atoms in total. The molecule has 1 heterocycles. The number of nitrogens with one attached hydrogen (secondary N) is 2. The van der Waals surface area contributed by atoms with Crippen molar-refractivity contribution >= 4 is 28.0 Å². The van der Waals surface area contributed by atoms with Crippen molar-refractivity contribution in [1.29, 1.82) is 0 Å². The molecular weight excluding hydrogens is 390 g/mol. The van der Waals surface area contributed by atoms with Crippen molar-refractivity contribution in [2.45, 2.75) is 25.7 Å². The molecule has 0 aliphatic rings. The molecule has 0 unspecified atom stereocenters. The third-order valence-corrected chi connectivity index (χ3v) is 5.41. The van der Waals surface area contributed by atoms with E-state index in [4.69, 9.17) is 10.5 Å². The lowest BCUT2D eigenvalue weighted by molar-refractivity contribution is -0.121. The normalized spacial score (nSPS) is 10.9. The van der Waals surface area contributed by atoms with Crippen molar-refractivity contribution in [3.8, 4) is 11.6 Å². The van der Waals surface area contributed by atoms with Crippen LogP contribution in [-0.2, 0) is 11.2 Å². The highest BCUT2D eigenvalue weighted by atomic mass is 32.1. The van der Waals surface area contributed by atoms with E-state index in [0.29, 0.717) is 43.8 Å². The van der Waals surface area contributed by atoms with E-state index in [1.807, 2.05) is 36.4 Å². The maximum Gasteiger partial charge on any atom is 0.307 e. The number of amides is 1. The highest BCUT2D eigenvalue weighted by Gasteiger charge is 2.12. The molecule has 0 spiro atoms. The fraction of sp³-hybridized carbons (Fsp3) is 0.333. The van der Waals surface area contributed by atoms with Gasteiger partial charge in [0.2, 0.25) is 11.8 Å². The number of carbonyl (C=O) groups is 1. The van der Waals surface area contributed by atoms with Crippen LogP contribution in [0.1, 0.15) is 29.7 Å². The predicted molar refractivity (Wildman–Crippen MR) is 115 cm³/mol. The minimum absolute atomic E-state index is 0.00700. The van der Waals surface area contributed by atoms with Crippen LogP contribution < -0.4 is 20.7 Å². The van der Waals surface area contributed by atoms with Gasteiger partial charge >= 0.3 is 4.87 Å². The molecule has 3 rings (SSSR count). The number of nitrogens with two attached hydrogens (primary N) is 1. The van der Waals surface area contributed by atoms with Crippen LogP contribution in [0.4, 0.5) is 0 Å². The molecule has 5 N–H and O–H groups in total. The Kier molecular flexibility index (Phi) is 7.26. The van der Waals surface area contributed by atoms with Gasteiger partial charge in [0, 0.05) is 24.8 Å². The average Bonchev–Trinajstić information content (AvgIpc) is 3.03. The van der Waals surface area contributed by atoms with Crippen molar-refractivity contribution in [3.63, 3.8) is 0 Å². The van der Waals surface area contributed by atoms with Gasteiger partial charge in [-0.05, 0) is 36.4 Å². The summed E-state index contributed by atoms with van der Waals surface area (Å²) in [4.78, 5) is 25.9. The van der Waals surface area contributed by atoms with Crippen LogP contribution in [0.5, 0.6) is 11.6 Å². The summed E-state index contributed by atoms with van der Waals surface area (Å²) in [6, 6.07) is 11.7. The molecule has 1 amide bonds. The summed E-state index contributed by atoms with van der Waals surface area (Å²) in [5.74, 6) is 0.682. The molecule has 0 fully saturated rings. The molecule has 3 aromatic rings. The highest BCUT2D eigenvalue weighted by molar-refractivity contribution is 7.09. The molecule has 0 saturated heterocycles. The van der Waals surface area contributed by atoms with E-state index in [2.05, 4.69) is 10.3 Å². The molecule has 0 radical (unpaired) electrons. The summed E-state index contributed by atoms with van der Waals surface area (Å²) in [6.45, 7) is 1.61. The van der Waals surface area contributed by atoms with Crippen molar-refractivity contribution in [3.05, 3.63) is 56.5 Å². The zero-order valence-corrected chi connectivity index (χ0v) is 16.9. The topological polar surface area (TPSA) is 117 Å². The molecule has 2 aromatic carbocycles. The quantitative estimate of drug-likeness (QED) is 0.380. The van der Waals surface area contributed by atoms with Crippen LogP contribution in [0.15, 0.2) is 41.2 Å². The fourth-order valence-electron chi connectivity index (χ4n) is 3.09. The summed E-state index contributed by atoms with van der Waals surface area (Å²) in [7, 11) is 0. The standard InChI is InChI=1S/C21H25N3O4S/c22-10-4-11-23-19(25)7-3-12-28-17-9-8-14(15-5-1-2-6-16(15)17)13-18-20(26)24-21(27)29-18/h1-2,5-6,8-9,26H,3-4,7,10-13,22H2,(H,23,25)(H,24,27). The van der Waals surface area contributed by atoms with Gasteiger partial charge < -0.3 is 20.9 Å². The number of rotatable bonds is 10. The van der Waals surface area contributed by atoms with Crippen molar-refractivity contribution in [2.24, 2.45) is 5.73 Å². The Balaban J connectivity index is 1.65. The monoisotopic (exact) mass is 415 g/mol. The number of thiazole rings is 1. The lowest BCUT2D eigenvalue weighted by atomic mass is 10.0. The molecule has 0 atom stereocenters. The number of aromatic amines is 1. The second kappa shape index (κ2) is 10.1. The number of hydrogen-bond donors (Lipinski definition) is 4. The lowest BCUT2D eigenvalue weighted by Crippen LogP contribution is -2.26. The Morgan fingerprint density at radius 3 is 2.69 bits per heavy atom. The largest absolute Gasteiger partial charge is 0.494 e. The molecular formula is C21H25N3O4S. The number of aromatic nitrogens is 1. The lowest BCUT2D eigenvalue weighted by Gasteiger charge is -2.12. The minimum Gasteiger partial charge on any atom is -0.494 e. The van der Waals surface area contributed by atoms with Crippen LogP contribution in [0.25, 0.3) is 10.8 Å². The number of carbonyl (C=O) groups excluding carboxylic acids is 1. The minimum atomic E-state index is -0.270. The maximum absolute atomic E-state index is 11.7. The van der Waals surface area contributed by atoms with Gasteiger partial charge in [-0.15, -0.1) is 0 Å². The summed E-state index contributed by atoms with van der Waals surface area (Å²) in [6.07, 6.45) is 2.26. The molecule has 8 heteroatoms. The fourth-order valence-corrected chi connectivity index (χ4v) is 3.84. The Labute approximate surface area is 172 Å². The first-order valence-corrected chi connectivity index (χ1v) is 10.4. The van der Waals surface area contributed by atoms with Crippen LogP contribution in [0.3, 0.4) is 0 Å². The van der Waals surface area contributed by atoms with E-state index in [-0.39, 0.29) is 16.7 Å². The van der Waals surface area contributed by atoms with E-state index >= 15 is 0 Å². The zero-order chi connectivity index (χ0) is 20.6. The number of benzene rings is 2. The smallest absolute Gasteiger partial charge is 0.307 e. The van der Waals surface area contributed by atoms with Gasteiger partial charge in [0.25, 0.3) is 0 Å². The van der Waals surface area contributed by atoms with Gasteiger partial charge in [0.1, 0.15) is 5.75 Å². The predicted octanol–water partition coefficient (Wildman–Crippen LogP) is 2.51.